The van der Waals surface area contributed by atoms with Crippen LogP contribution in [-0.2, 0) is 6.42 Å². The van der Waals surface area contributed by atoms with Crippen molar-refractivity contribution in [2.75, 3.05) is 5.32 Å². The molecule has 0 saturated carbocycles. The Labute approximate surface area is 168 Å². The van der Waals surface area contributed by atoms with E-state index in [4.69, 9.17) is 4.98 Å². The van der Waals surface area contributed by atoms with Gasteiger partial charge in [0.2, 0.25) is 11.9 Å². The number of rotatable bonds is 3. The molecule has 2 aromatic heterocycles. The Balaban J connectivity index is 1.56. The molecule has 0 bridgehead atoms. The van der Waals surface area contributed by atoms with Crippen molar-refractivity contribution in [3.63, 3.8) is 0 Å². The normalized spacial score (nSPS) is 15.9. The summed E-state index contributed by atoms with van der Waals surface area (Å²) in [5.41, 5.74) is 4.11. The van der Waals surface area contributed by atoms with Crippen LogP contribution in [0.2, 0.25) is 0 Å². The van der Waals surface area contributed by atoms with Gasteiger partial charge in [-0.05, 0) is 18.4 Å². The summed E-state index contributed by atoms with van der Waals surface area (Å²) in [7, 11) is 0. The summed E-state index contributed by atoms with van der Waals surface area (Å²) < 4.78 is 0. The zero-order valence-electron chi connectivity index (χ0n) is 16.0. The largest absolute Gasteiger partial charge is 0.294 e. The monoisotopic (exact) mass is 381 g/mol. The summed E-state index contributed by atoms with van der Waals surface area (Å²) in [4.78, 5) is 30.4. The van der Waals surface area contributed by atoms with E-state index in [9.17, 15) is 4.79 Å². The lowest BCUT2D eigenvalue weighted by molar-refractivity contribution is 0.0951. The molecule has 6 nitrogen and oxygen atoms in total. The fraction of sp³-hybridized carbons (Fsp3) is 0.174. The van der Waals surface area contributed by atoms with Crippen LogP contribution in [0.3, 0.4) is 0 Å². The molecule has 0 unspecified atom stereocenters. The van der Waals surface area contributed by atoms with E-state index >= 15 is 0 Å². The molecule has 0 spiro atoms. The van der Waals surface area contributed by atoms with Crippen molar-refractivity contribution >= 4 is 28.6 Å². The second-order valence-electron chi connectivity index (χ2n) is 7.39. The highest BCUT2D eigenvalue weighted by molar-refractivity contribution is 5.98. The lowest BCUT2D eigenvalue weighted by atomic mass is 9.88. The van der Waals surface area contributed by atoms with E-state index in [1.54, 1.807) is 6.20 Å². The molecule has 1 N–H and O–H groups in total. The lowest BCUT2D eigenvalue weighted by Gasteiger charge is -2.19. The number of carbonyl (C=O) groups excluding carboxylic acids is 1. The van der Waals surface area contributed by atoms with Gasteiger partial charge in [0.1, 0.15) is 0 Å². The first kappa shape index (κ1) is 17.4. The smallest absolute Gasteiger partial charge is 0.230 e. The number of benzene rings is 2. The number of ketones is 1. The Morgan fingerprint density at radius 1 is 0.897 bits per heavy atom. The minimum Gasteiger partial charge on any atom is -0.294 e. The number of Topliss-reactive ketones (excluding diaryl/α,β-unsaturated/α-hetero) is 1. The van der Waals surface area contributed by atoms with Gasteiger partial charge in [-0.3, -0.25) is 10.1 Å². The van der Waals surface area contributed by atoms with E-state index in [2.05, 4.69) is 27.2 Å². The molecule has 5 rings (SSSR count). The van der Waals surface area contributed by atoms with E-state index in [0.717, 1.165) is 34.3 Å². The van der Waals surface area contributed by atoms with Crippen molar-refractivity contribution in [2.45, 2.75) is 19.8 Å². The summed E-state index contributed by atoms with van der Waals surface area (Å²) >= 11 is 0. The number of fused-ring (bicyclic) bond motifs is 2. The maximum absolute atomic E-state index is 12.2. The first-order valence-corrected chi connectivity index (χ1v) is 9.66. The van der Waals surface area contributed by atoms with Crippen molar-refractivity contribution in [1.29, 1.82) is 0 Å². The Morgan fingerprint density at radius 2 is 1.69 bits per heavy atom. The van der Waals surface area contributed by atoms with E-state index in [1.165, 1.54) is 0 Å². The topological polar surface area (TPSA) is 80.7 Å². The van der Waals surface area contributed by atoms with Crippen LogP contribution in [0.1, 0.15) is 29.4 Å². The first-order valence-electron chi connectivity index (χ1n) is 9.66. The molecule has 4 aromatic rings. The molecule has 1 atom stereocenters. The molecule has 1 aliphatic rings. The van der Waals surface area contributed by atoms with Crippen LogP contribution in [0, 0.1) is 5.92 Å². The van der Waals surface area contributed by atoms with Crippen LogP contribution in [0.15, 0.2) is 60.8 Å². The molecule has 2 heterocycles. The molecule has 29 heavy (non-hydrogen) atoms. The van der Waals surface area contributed by atoms with Crippen molar-refractivity contribution in [3.8, 4) is 11.3 Å². The SMILES string of the molecule is C[C@H]1CC(=O)c2cnc(Nc3nc(-c4ccccc4)c4ccccc4n3)nc2C1. The van der Waals surface area contributed by atoms with Gasteiger partial charge in [0.05, 0.1) is 22.5 Å². The highest BCUT2D eigenvalue weighted by Gasteiger charge is 2.24. The number of nitrogens with zero attached hydrogens (tertiary/aromatic N) is 4. The van der Waals surface area contributed by atoms with E-state index in [1.807, 2.05) is 54.6 Å². The number of hydrogen-bond donors (Lipinski definition) is 1. The molecule has 0 radical (unpaired) electrons. The number of carbonyl (C=O) groups is 1. The second kappa shape index (κ2) is 7.05. The molecule has 1 aliphatic carbocycles. The van der Waals surface area contributed by atoms with E-state index in [0.29, 0.717) is 29.8 Å². The molecular weight excluding hydrogens is 362 g/mol. The van der Waals surface area contributed by atoms with Gasteiger partial charge in [0.25, 0.3) is 0 Å². The number of anilines is 2. The first-order chi connectivity index (χ1) is 14.2. The van der Waals surface area contributed by atoms with Crippen molar-refractivity contribution in [3.05, 3.63) is 72.1 Å². The number of para-hydroxylation sites is 1. The molecule has 142 valence electrons. The van der Waals surface area contributed by atoms with Crippen molar-refractivity contribution in [2.24, 2.45) is 5.92 Å². The number of aromatic nitrogens is 4. The van der Waals surface area contributed by atoms with Gasteiger partial charge < -0.3 is 0 Å². The number of nitrogens with one attached hydrogen (secondary N) is 1. The Morgan fingerprint density at radius 3 is 2.55 bits per heavy atom. The predicted molar refractivity (Wildman–Crippen MR) is 112 cm³/mol. The second-order valence-corrected chi connectivity index (χ2v) is 7.39. The van der Waals surface area contributed by atoms with Crippen molar-refractivity contribution < 1.29 is 4.79 Å². The average Bonchev–Trinajstić information content (AvgIpc) is 2.73. The minimum absolute atomic E-state index is 0.110. The lowest BCUT2D eigenvalue weighted by Crippen LogP contribution is -2.20. The van der Waals surface area contributed by atoms with Gasteiger partial charge in [-0.15, -0.1) is 0 Å². The molecule has 0 amide bonds. The maximum Gasteiger partial charge on any atom is 0.230 e. The van der Waals surface area contributed by atoms with E-state index < -0.39 is 0 Å². The zero-order chi connectivity index (χ0) is 19.8. The average molecular weight is 381 g/mol. The molecule has 0 saturated heterocycles. The molecule has 6 heteroatoms. The van der Waals surface area contributed by atoms with Gasteiger partial charge in [0, 0.05) is 23.6 Å². The Bertz CT molecular complexity index is 1220. The van der Waals surface area contributed by atoms with Gasteiger partial charge in [-0.2, -0.15) is 0 Å². The molecule has 2 aromatic carbocycles. The molecule has 0 fully saturated rings. The molecule has 0 aliphatic heterocycles. The predicted octanol–water partition coefficient (Wildman–Crippen LogP) is 4.60. The van der Waals surface area contributed by atoms with Gasteiger partial charge in [0.15, 0.2) is 5.78 Å². The number of hydrogen-bond acceptors (Lipinski definition) is 6. The van der Waals surface area contributed by atoms with Gasteiger partial charge >= 0.3 is 0 Å². The third-order valence-electron chi connectivity index (χ3n) is 5.12. The van der Waals surface area contributed by atoms with Gasteiger partial charge in [-0.25, -0.2) is 19.9 Å². The summed E-state index contributed by atoms with van der Waals surface area (Å²) in [5, 5.41) is 4.11. The van der Waals surface area contributed by atoms with Crippen LogP contribution < -0.4 is 5.32 Å². The van der Waals surface area contributed by atoms with Crippen LogP contribution >= 0.6 is 0 Å². The highest BCUT2D eigenvalue weighted by atomic mass is 16.1. The van der Waals surface area contributed by atoms with Crippen LogP contribution in [0.4, 0.5) is 11.9 Å². The van der Waals surface area contributed by atoms with Crippen LogP contribution in [0.25, 0.3) is 22.2 Å². The van der Waals surface area contributed by atoms with Crippen LogP contribution in [-0.4, -0.2) is 25.7 Å². The quantitative estimate of drug-likeness (QED) is 0.559. The summed E-state index contributed by atoms with van der Waals surface area (Å²) in [6.07, 6.45) is 2.93. The summed E-state index contributed by atoms with van der Waals surface area (Å²) in [5.74, 6) is 1.23. The minimum atomic E-state index is 0.110. The van der Waals surface area contributed by atoms with Crippen LogP contribution in [0.5, 0.6) is 0 Å². The maximum atomic E-state index is 12.2. The fourth-order valence-corrected chi connectivity index (χ4v) is 3.74. The summed E-state index contributed by atoms with van der Waals surface area (Å²) in [6.45, 7) is 2.06. The Kier molecular flexibility index (Phi) is 4.24. The van der Waals surface area contributed by atoms with Gasteiger partial charge in [-0.1, -0.05) is 55.5 Å². The standard InChI is InChI=1S/C23H19N5O/c1-14-11-19-17(20(29)12-14)13-24-22(26-19)28-23-25-18-10-6-5-9-16(18)21(27-23)15-7-3-2-4-8-15/h2-10,13-14H,11-12H2,1H3,(H,24,25,26,27,28)/t14-/m1/s1. The zero-order valence-corrected chi connectivity index (χ0v) is 16.0. The third-order valence-corrected chi connectivity index (χ3v) is 5.12. The summed E-state index contributed by atoms with van der Waals surface area (Å²) in [6, 6.07) is 17.9. The van der Waals surface area contributed by atoms with Crippen molar-refractivity contribution in [1.82, 2.24) is 19.9 Å². The highest BCUT2D eigenvalue weighted by Crippen LogP contribution is 2.28. The van der Waals surface area contributed by atoms with E-state index in [-0.39, 0.29) is 5.78 Å². The third kappa shape index (κ3) is 3.33. The Hall–Kier alpha value is -3.67. The fourth-order valence-electron chi connectivity index (χ4n) is 3.74. The molecular formula is C23H19N5O.